The number of rotatable bonds is 3. The van der Waals surface area contributed by atoms with Crippen molar-refractivity contribution in [3.8, 4) is 0 Å². The van der Waals surface area contributed by atoms with Gasteiger partial charge in [0, 0.05) is 12.8 Å². The average Bonchev–Trinajstić information content (AvgIpc) is 1.92. The molecule has 0 aromatic heterocycles. The first-order valence-electron chi connectivity index (χ1n) is 5.48. The Hall–Kier alpha value is -0.153. The lowest BCUT2D eigenvalue weighted by Crippen LogP contribution is -2.45. The van der Waals surface area contributed by atoms with E-state index in [4.69, 9.17) is 4.43 Å². The summed E-state index contributed by atoms with van der Waals surface area (Å²) in [4.78, 5) is 11.0. The first kappa shape index (κ1) is 11.9. The predicted octanol–water partition coefficient (Wildman–Crippen LogP) is 2.38. The molecular formula is C11H22O2Si. The Morgan fingerprint density at radius 3 is 2.14 bits per heavy atom. The molecule has 0 N–H and O–H groups in total. The molecule has 0 radical (unpaired) electrons. The van der Waals surface area contributed by atoms with Crippen LogP contribution in [0.15, 0.2) is 0 Å². The Morgan fingerprint density at radius 2 is 1.86 bits per heavy atom. The zero-order valence-corrected chi connectivity index (χ0v) is 11.1. The Morgan fingerprint density at radius 1 is 1.36 bits per heavy atom. The molecule has 0 aromatic rings. The Balaban J connectivity index is 2.58. The topological polar surface area (TPSA) is 26.3 Å². The van der Waals surface area contributed by atoms with Crippen LogP contribution in [0.3, 0.4) is 0 Å². The highest BCUT2D eigenvalue weighted by Crippen LogP contribution is 2.37. The van der Waals surface area contributed by atoms with Crippen LogP contribution < -0.4 is 0 Å². The third-order valence-corrected chi connectivity index (χ3v) is 3.52. The average molecular weight is 214 g/mol. The minimum absolute atomic E-state index is 0.169. The molecule has 14 heavy (non-hydrogen) atoms. The lowest BCUT2D eigenvalue weighted by atomic mass is 9.71. The molecule has 1 aliphatic rings. The van der Waals surface area contributed by atoms with E-state index in [1.807, 2.05) is 0 Å². The van der Waals surface area contributed by atoms with Gasteiger partial charge in [-0.05, 0) is 24.4 Å². The standard InChI is InChI=1S/C11H22O2Si/c1-11(2,3)10(13-14(4)5)8-6-9(12)7-8/h8,10,14H,6-7H2,1-5H3. The molecule has 1 unspecified atom stereocenters. The van der Waals surface area contributed by atoms with Crippen LogP contribution in [0.4, 0.5) is 0 Å². The minimum atomic E-state index is -0.996. The quantitative estimate of drug-likeness (QED) is 0.674. The van der Waals surface area contributed by atoms with E-state index in [1.165, 1.54) is 0 Å². The summed E-state index contributed by atoms with van der Waals surface area (Å²) in [7, 11) is -0.996. The molecule has 82 valence electrons. The highest BCUT2D eigenvalue weighted by Gasteiger charge is 2.40. The van der Waals surface area contributed by atoms with Gasteiger partial charge in [0.15, 0.2) is 9.04 Å². The first-order chi connectivity index (χ1) is 6.30. The van der Waals surface area contributed by atoms with Crippen molar-refractivity contribution in [2.45, 2.75) is 52.8 Å². The molecule has 1 fully saturated rings. The summed E-state index contributed by atoms with van der Waals surface area (Å²) >= 11 is 0. The molecule has 1 rings (SSSR count). The monoisotopic (exact) mass is 214 g/mol. The smallest absolute Gasteiger partial charge is 0.171 e. The number of hydrogen-bond acceptors (Lipinski definition) is 2. The third-order valence-electron chi connectivity index (χ3n) is 2.68. The van der Waals surface area contributed by atoms with Crippen LogP contribution in [-0.2, 0) is 9.22 Å². The van der Waals surface area contributed by atoms with Crippen molar-refractivity contribution in [2.75, 3.05) is 0 Å². The van der Waals surface area contributed by atoms with Gasteiger partial charge in [-0.2, -0.15) is 0 Å². The fourth-order valence-electron chi connectivity index (χ4n) is 2.05. The van der Waals surface area contributed by atoms with E-state index in [1.54, 1.807) is 0 Å². The van der Waals surface area contributed by atoms with E-state index < -0.39 is 9.04 Å². The summed E-state index contributed by atoms with van der Waals surface area (Å²) in [6.07, 6.45) is 1.76. The summed E-state index contributed by atoms with van der Waals surface area (Å²) < 4.78 is 6.05. The van der Waals surface area contributed by atoms with Crippen LogP contribution >= 0.6 is 0 Å². The van der Waals surface area contributed by atoms with E-state index >= 15 is 0 Å². The van der Waals surface area contributed by atoms with Gasteiger partial charge in [-0.1, -0.05) is 20.8 Å². The zero-order valence-electron chi connectivity index (χ0n) is 9.96. The van der Waals surface area contributed by atoms with Crippen LogP contribution in [0.5, 0.6) is 0 Å². The van der Waals surface area contributed by atoms with Gasteiger partial charge in [-0.25, -0.2) is 0 Å². The van der Waals surface area contributed by atoms with Crippen molar-refractivity contribution >= 4 is 14.8 Å². The van der Waals surface area contributed by atoms with Gasteiger partial charge in [0.25, 0.3) is 0 Å². The molecule has 0 bridgehead atoms. The Bertz CT molecular complexity index is 210. The highest BCUT2D eigenvalue weighted by atomic mass is 28.3. The second-order valence-electron chi connectivity index (χ2n) is 5.68. The maximum Gasteiger partial charge on any atom is 0.171 e. The molecule has 1 aliphatic carbocycles. The second kappa shape index (κ2) is 4.15. The Kier molecular flexibility index (Phi) is 3.53. The summed E-state index contributed by atoms with van der Waals surface area (Å²) in [6, 6.07) is 0. The van der Waals surface area contributed by atoms with Gasteiger partial charge in [0.2, 0.25) is 0 Å². The third kappa shape index (κ3) is 2.92. The lowest BCUT2D eigenvalue weighted by molar-refractivity contribution is -0.132. The zero-order chi connectivity index (χ0) is 10.9. The maximum atomic E-state index is 11.0. The molecule has 0 amide bonds. The van der Waals surface area contributed by atoms with E-state index in [0.29, 0.717) is 11.7 Å². The second-order valence-corrected chi connectivity index (χ2v) is 8.05. The molecule has 2 nitrogen and oxygen atoms in total. The molecular weight excluding hydrogens is 192 g/mol. The van der Waals surface area contributed by atoms with Crippen LogP contribution in [-0.4, -0.2) is 20.9 Å². The summed E-state index contributed by atoms with van der Waals surface area (Å²) in [5, 5.41) is 0. The van der Waals surface area contributed by atoms with E-state index in [0.717, 1.165) is 12.8 Å². The van der Waals surface area contributed by atoms with Crippen molar-refractivity contribution in [3.63, 3.8) is 0 Å². The van der Waals surface area contributed by atoms with E-state index in [-0.39, 0.29) is 11.5 Å². The molecule has 0 saturated heterocycles. The van der Waals surface area contributed by atoms with Gasteiger partial charge >= 0.3 is 0 Å². The first-order valence-corrected chi connectivity index (χ1v) is 8.26. The van der Waals surface area contributed by atoms with Gasteiger partial charge in [-0.3, -0.25) is 4.79 Å². The largest absolute Gasteiger partial charge is 0.417 e. The van der Waals surface area contributed by atoms with E-state index in [2.05, 4.69) is 33.9 Å². The molecule has 0 aromatic carbocycles. The fraction of sp³-hybridized carbons (Fsp3) is 0.909. The van der Waals surface area contributed by atoms with Gasteiger partial charge in [-0.15, -0.1) is 0 Å². The maximum absolute atomic E-state index is 11.0. The van der Waals surface area contributed by atoms with Crippen molar-refractivity contribution in [3.05, 3.63) is 0 Å². The van der Waals surface area contributed by atoms with Crippen LogP contribution in [0.2, 0.25) is 13.1 Å². The van der Waals surface area contributed by atoms with Crippen molar-refractivity contribution in [1.82, 2.24) is 0 Å². The predicted molar refractivity (Wildman–Crippen MR) is 60.9 cm³/mol. The highest BCUT2D eigenvalue weighted by molar-refractivity contribution is 6.48. The number of Topliss-reactive ketones (excluding diaryl/α,β-unsaturated/α-hetero) is 1. The fourth-order valence-corrected chi connectivity index (χ4v) is 3.27. The SMILES string of the molecule is C[SiH](C)OC(C1CC(=O)C1)C(C)(C)C. The summed E-state index contributed by atoms with van der Waals surface area (Å²) in [6.45, 7) is 11.0. The van der Waals surface area contributed by atoms with Crippen LogP contribution in [0.25, 0.3) is 0 Å². The lowest BCUT2D eigenvalue weighted by Gasteiger charge is -2.41. The number of hydrogen-bond donors (Lipinski definition) is 0. The normalized spacial score (nSPS) is 21.1. The molecule has 0 spiro atoms. The summed E-state index contributed by atoms with van der Waals surface area (Å²) in [5.74, 6) is 0.885. The van der Waals surface area contributed by atoms with Crippen molar-refractivity contribution in [2.24, 2.45) is 11.3 Å². The van der Waals surface area contributed by atoms with Crippen molar-refractivity contribution < 1.29 is 9.22 Å². The number of ketones is 1. The summed E-state index contributed by atoms with van der Waals surface area (Å²) in [5.41, 5.74) is 0.169. The van der Waals surface area contributed by atoms with Gasteiger partial charge in [0.05, 0.1) is 6.10 Å². The van der Waals surface area contributed by atoms with Crippen LogP contribution in [0.1, 0.15) is 33.6 Å². The minimum Gasteiger partial charge on any atom is -0.417 e. The Labute approximate surface area is 88.8 Å². The van der Waals surface area contributed by atoms with Crippen LogP contribution in [0, 0.1) is 11.3 Å². The molecule has 1 atom stereocenters. The van der Waals surface area contributed by atoms with E-state index in [9.17, 15) is 4.79 Å². The molecule has 0 heterocycles. The molecule has 0 aliphatic heterocycles. The number of carbonyl (C=O) groups excluding carboxylic acids is 1. The molecule has 3 heteroatoms. The van der Waals surface area contributed by atoms with Crippen molar-refractivity contribution in [1.29, 1.82) is 0 Å². The number of carbonyl (C=O) groups is 1. The molecule has 1 saturated carbocycles. The van der Waals surface area contributed by atoms with Gasteiger partial charge in [0.1, 0.15) is 5.78 Å². The van der Waals surface area contributed by atoms with Gasteiger partial charge < -0.3 is 4.43 Å².